The molecule has 2 aromatic heterocycles. The summed E-state index contributed by atoms with van der Waals surface area (Å²) < 4.78 is 15.6. The molecule has 0 N–H and O–H groups in total. The molecule has 0 aliphatic carbocycles. The fourth-order valence-corrected chi connectivity index (χ4v) is 2.19. The lowest BCUT2D eigenvalue weighted by atomic mass is 10.1. The number of benzene rings is 1. The van der Waals surface area contributed by atoms with Crippen molar-refractivity contribution in [2.45, 2.75) is 0 Å². The zero-order chi connectivity index (χ0) is 16.9. The van der Waals surface area contributed by atoms with Crippen molar-refractivity contribution in [1.82, 2.24) is 19.9 Å². The lowest BCUT2D eigenvalue weighted by Crippen LogP contribution is -2.01. The number of hydrogen-bond acceptors (Lipinski definition) is 7. The Balaban J connectivity index is 2.15. The molecule has 2 heterocycles. The molecule has 0 radical (unpaired) electrons. The number of ether oxygens (including phenoxy) is 3. The molecule has 0 saturated heterocycles. The van der Waals surface area contributed by atoms with Gasteiger partial charge in [-0.05, 0) is 6.07 Å². The van der Waals surface area contributed by atoms with Gasteiger partial charge < -0.3 is 14.2 Å². The third-order valence-corrected chi connectivity index (χ3v) is 3.34. The second-order valence-corrected chi connectivity index (χ2v) is 4.77. The van der Waals surface area contributed by atoms with Gasteiger partial charge in [-0.25, -0.2) is 4.98 Å². The highest BCUT2D eigenvalue weighted by Crippen LogP contribution is 2.31. The van der Waals surface area contributed by atoms with E-state index < -0.39 is 0 Å². The minimum Gasteiger partial charge on any atom is -0.480 e. The van der Waals surface area contributed by atoms with Gasteiger partial charge in [0.05, 0.1) is 38.3 Å². The molecule has 0 saturated carbocycles. The summed E-state index contributed by atoms with van der Waals surface area (Å²) in [5, 5.41) is 0. The molecule has 3 aromatic rings. The van der Waals surface area contributed by atoms with E-state index in [9.17, 15) is 0 Å². The van der Waals surface area contributed by atoms with Gasteiger partial charge >= 0.3 is 12.0 Å². The van der Waals surface area contributed by atoms with Crippen LogP contribution in [0.3, 0.4) is 0 Å². The molecule has 7 nitrogen and oxygen atoms in total. The van der Waals surface area contributed by atoms with E-state index in [1.165, 1.54) is 21.3 Å². The summed E-state index contributed by atoms with van der Waals surface area (Å²) in [4.78, 5) is 17.1. The highest BCUT2D eigenvalue weighted by Gasteiger charge is 2.15. The van der Waals surface area contributed by atoms with Crippen molar-refractivity contribution in [2.75, 3.05) is 21.3 Å². The normalized spacial score (nSPS) is 10.3. The van der Waals surface area contributed by atoms with Crippen molar-refractivity contribution in [1.29, 1.82) is 0 Å². The largest absolute Gasteiger partial charge is 0.480 e. The number of aromatic nitrogens is 4. The second kappa shape index (κ2) is 6.91. The van der Waals surface area contributed by atoms with Crippen LogP contribution in [0.4, 0.5) is 0 Å². The summed E-state index contributed by atoms with van der Waals surface area (Å²) in [7, 11) is 4.55. The first-order valence-corrected chi connectivity index (χ1v) is 7.19. The fourth-order valence-electron chi connectivity index (χ4n) is 2.19. The molecule has 0 unspecified atom stereocenters. The van der Waals surface area contributed by atoms with Crippen LogP contribution in [0.25, 0.3) is 22.5 Å². The minimum atomic E-state index is 0.222. The Kier molecular flexibility index (Phi) is 4.51. The highest BCUT2D eigenvalue weighted by atomic mass is 16.5. The number of rotatable bonds is 5. The van der Waals surface area contributed by atoms with Gasteiger partial charge in [0.15, 0.2) is 0 Å². The van der Waals surface area contributed by atoms with Crippen molar-refractivity contribution >= 4 is 0 Å². The molecule has 0 fully saturated rings. The summed E-state index contributed by atoms with van der Waals surface area (Å²) in [6.07, 6.45) is 1.60. The Labute approximate surface area is 139 Å². The molecule has 0 aliphatic heterocycles. The van der Waals surface area contributed by atoms with E-state index in [4.69, 9.17) is 14.2 Å². The van der Waals surface area contributed by atoms with Crippen LogP contribution in [0, 0.1) is 0 Å². The predicted octanol–water partition coefficient (Wildman–Crippen LogP) is 2.63. The van der Waals surface area contributed by atoms with E-state index in [0.717, 1.165) is 11.3 Å². The van der Waals surface area contributed by atoms with Crippen molar-refractivity contribution in [3.63, 3.8) is 0 Å². The van der Waals surface area contributed by atoms with Crippen LogP contribution in [0.2, 0.25) is 0 Å². The third kappa shape index (κ3) is 3.10. The van der Waals surface area contributed by atoms with Gasteiger partial charge in [-0.1, -0.05) is 30.3 Å². The van der Waals surface area contributed by atoms with E-state index in [1.807, 2.05) is 36.4 Å². The van der Waals surface area contributed by atoms with Gasteiger partial charge in [0.1, 0.15) is 0 Å². The van der Waals surface area contributed by atoms with Crippen molar-refractivity contribution < 1.29 is 14.2 Å². The molecule has 0 aliphatic rings. The van der Waals surface area contributed by atoms with Crippen molar-refractivity contribution in [3.8, 4) is 40.4 Å². The van der Waals surface area contributed by atoms with E-state index in [2.05, 4.69) is 19.9 Å². The second-order valence-electron chi connectivity index (χ2n) is 4.77. The maximum atomic E-state index is 5.33. The molecule has 0 spiro atoms. The molecule has 0 amide bonds. The van der Waals surface area contributed by atoms with Crippen LogP contribution < -0.4 is 14.2 Å². The summed E-state index contributed by atoms with van der Waals surface area (Å²) in [6, 6.07) is 12.1. The van der Waals surface area contributed by atoms with E-state index in [-0.39, 0.29) is 12.0 Å². The molecular weight excluding hydrogens is 308 g/mol. The average molecular weight is 324 g/mol. The van der Waals surface area contributed by atoms with Gasteiger partial charge in [-0.15, -0.1) is 0 Å². The van der Waals surface area contributed by atoms with E-state index in [0.29, 0.717) is 17.1 Å². The van der Waals surface area contributed by atoms with E-state index >= 15 is 0 Å². The molecule has 0 atom stereocenters. The Morgan fingerprint density at radius 1 is 0.750 bits per heavy atom. The third-order valence-electron chi connectivity index (χ3n) is 3.34. The van der Waals surface area contributed by atoms with Crippen LogP contribution in [0.15, 0.2) is 42.6 Å². The maximum Gasteiger partial charge on any atom is 0.319 e. The fraction of sp³-hybridized carbons (Fsp3) is 0.176. The summed E-state index contributed by atoms with van der Waals surface area (Å²) in [6.45, 7) is 0. The topological polar surface area (TPSA) is 79.3 Å². The van der Waals surface area contributed by atoms with E-state index in [1.54, 1.807) is 6.20 Å². The number of hydrogen-bond donors (Lipinski definition) is 0. The standard InChI is InChI=1S/C17H16N4O3/c1-22-15-12(10-18-16(21-15)23-2)14-9-13(19-17(20-14)24-3)11-7-5-4-6-8-11/h4-10H,1-3H3. The Morgan fingerprint density at radius 3 is 2.12 bits per heavy atom. The Morgan fingerprint density at radius 2 is 1.46 bits per heavy atom. The summed E-state index contributed by atoms with van der Waals surface area (Å²) in [5.41, 5.74) is 2.90. The monoisotopic (exact) mass is 324 g/mol. The first kappa shape index (κ1) is 15.7. The Hall–Kier alpha value is -3.22. The Bertz CT molecular complexity index is 840. The predicted molar refractivity (Wildman–Crippen MR) is 88.2 cm³/mol. The van der Waals surface area contributed by atoms with Gasteiger partial charge in [0.25, 0.3) is 0 Å². The molecule has 3 rings (SSSR count). The van der Waals surface area contributed by atoms with Crippen LogP contribution >= 0.6 is 0 Å². The van der Waals surface area contributed by atoms with Gasteiger partial charge in [-0.3, -0.25) is 0 Å². The lowest BCUT2D eigenvalue weighted by Gasteiger charge is -2.10. The number of nitrogens with zero attached hydrogens (tertiary/aromatic N) is 4. The van der Waals surface area contributed by atoms with Crippen molar-refractivity contribution in [3.05, 3.63) is 42.6 Å². The van der Waals surface area contributed by atoms with Gasteiger partial charge in [0.2, 0.25) is 5.88 Å². The van der Waals surface area contributed by atoms with Crippen LogP contribution in [0.1, 0.15) is 0 Å². The molecule has 7 heteroatoms. The number of methoxy groups -OCH3 is 3. The van der Waals surface area contributed by atoms with Crippen LogP contribution in [-0.2, 0) is 0 Å². The van der Waals surface area contributed by atoms with Crippen LogP contribution in [0.5, 0.6) is 17.9 Å². The molecule has 0 bridgehead atoms. The smallest absolute Gasteiger partial charge is 0.319 e. The zero-order valence-corrected chi connectivity index (χ0v) is 13.6. The minimum absolute atomic E-state index is 0.222. The first-order valence-electron chi connectivity index (χ1n) is 7.19. The maximum absolute atomic E-state index is 5.33. The van der Waals surface area contributed by atoms with Gasteiger partial charge in [0, 0.05) is 11.8 Å². The molecule has 1 aromatic carbocycles. The molecular formula is C17H16N4O3. The van der Waals surface area contributed by atoms with Crippen molar-refractivity contribution in [2.24, 2.45) is 0 Å². The summed E-state index contributed by atoms with van der Waals surface area (Å²) in [5.74, 6) is 0.363. The van der Waals surface area contributed by atoms with Crippen LogP contribution in [-0.4, -0.2) is 41.3 Å². The molecule has 24 heavy (non-hydrogen) atoms. The lowest BCUT2D eigenvalue weighted by molar-refractivity contribution is 0.353. The SMILES string of the molecule is COc1nc(-c2ccccc2)cc(-c2cnc(OC)nc2OC)n1. The summed E-state index contributed by atoms with van der Waals surface area (Å²) >= 11 is 0. The van der Waals surface area contributed by atoms with Gasteiger partial charge in [-0.2, -0.15) is 15.0 Å². The molecule has 122 valence electrons. The quantitative estimate of drug-likeness (QED) is 0.713. The highest BCUT2D eigenvalue weighted by molar-refractivity contribution is 5.70. The average Bonchev–Trinajstić information content (AvgIpc) is 2.67. The zero-order valence-electron chi connectivity index (χ0n) is 13.6. The first-order chi connectivity index (χ1) is 11.7.